The molecule has 1 aliphatic heterocycles. The van der Waals surface area contributed by atoms with E-state index in [0.29, 0.717) is 0 Å². The molecule has 0 saturated carbocycles. The number of pyridine rings is 1. The summed E-state index contributed by atoms with van der Waals surface area (Å²) in [6.45, 7) is 1.71. The summed E-state index contributed by atoms with van der Waals surface area (Å²) >= 11 is 3.59. The second-order valence-corrected chi connectivity index (χ2v) is 6.60. The lowest BCUT2D eigenvalue weighted by Gasteiger charge is -2.24. The van der Waals surface area contributed by atoms with Crippen molar-refractivity contribution in [2.75, 3.05) is 23.5 Å². The van der Waals surface area contributed by atoms with Crippen LogP contribution in [-0.4, -0.2) is 28.7 Å². The van der Waals surface area contributed by atoms with Gasteiger partial charge < -0.3 is 4.90 Å². The summed E-state index contributed by atoms with van der Waals surface area (Å²) in [5.41, 5.74) is 2.38. The normalized spacial score (nSPS) is 14.0. The van der Waals surface area contributed by atoms with E-state index in [1.54, 1.807) is 11.8 Å². The molecule has 0 bridgehead atoms. The van der Waals surface area contributed by atoms with E-state index >= 15 is 0 Å². The van der Waals surface area contributed by atoms with Crippen molar-refractivity contribution in [3.05, 3.63) is 54.4 Å². The fraction of sp³-hybridized carbons (Fsp3) is 0.250. The monoisotopic (exact) mass is 315 g/mol. The van der Waals surface area contributed by atoms with Gasteiger partial charge in [-0.25, -0.2) is 0 Å². The van der Waals surface area contributed by atoms with Crippen LogP contribution in [-0.2, 0) is 6.54 Å². The highest BCUT2D eigenvalue weighted by atomic mass is 32.2. The molecule has 5 heteroatoms. The minimum Gasteiger partial charge on any atom is -0.317 e. The van der Waals surface area contributed by atoms with Gasteiger partial charge in [0.15, 0.2) is 5.17 Å². The Bertz CT molecular complexity index is 611. The number of nitrogens with zero attached hydrogens (tertiary/aromatic N) is 3. The molecular formula is C16H17N3S2. The van der Waals surface area contributed by atoms with Crippen LogP contribution in [0.4, 0.5) is 5.69 Å². The van der Waals surface area contributed by atoms with Crippen molar-refractivity contribution in [3.8, 4) is 0 Å². The molecule has 1 aromatic heterocycles. The summed E-state index contributed by atoms with van der Waals surface area (Å²) in [5.74, 6) is 1.07. The van der Waals surface area contributed by atoms with Crippen LogP contribution >= 0.6 is 23.5 Å². The molecule has 0 spiro atoms. The zero-order chi connectivity index (χ0) is 14.5. The number of hydrogen-bond acceptors (Lipinski definition) is 5. The van der Waals surface area contributed by atoms with Crippen LogP contribution in [0.2, 0.25) is 0 Å². The summed E-state index contributed by atoms with van der Waals surface area (Å²) in [5, 5.41) is 1.11. The molecule has 0 saturated heterocycles. The highest BCUT2D eigenvalue weighted by molar-refractivity contribution is 8.14. The molecule has 2 heterocycles. The van der Waals surface area contributed by atoms with Gasteiger partial charge >= 0.3 is 0 Å². The smallest absolute Gasteiger partial charge is 0.164 e. The predicted molar refractivity (Wildman–Crippen MR) is 93.4 cm³/mol. The number of anilines is 1. The highest BCUT2D eigenvalue weighted by Gasteiger charge is 2.18. The number of thioether (sulfide) groups is 2. The number of aliphatic imine (C=N–C) groups is 1. The average molecular weight is 315 g/mol. The summed E-state index contributed by atoms with van der Waals surface area (Å²) in [6, 6.07) is 12.8. The topological polar surface area (TPSA) is 28.5 Å². The number of amidine groups is 1. The molecule has 3 rings (SSSR count). The quantitative estimate of drug-likeness (QED) is 0.800. The van der Waals surface area contributed by atoms with Gasteiger partial charge in [-0.05, 0) is 42.2 Å². The van der Waals surface area contributed by atoms with Gasteiger partial charge in [-0.1, -0.05) is 17.8 Å². The Labute approximate surface area is 133 Å². The second kappa shape index (κ2) is 7.00. The highest BCUT2D eigenvalue weighted by Crippen LogP contribution is 2.26. The number of rotatable bonds is 4. The molecule has 3 nitrogen and oxygen atoms in total. The van der Waals surface area contributed by atoms with Gasteiger partial charge in [0.1, 0.15) is 0 Å². The molecule has 0 aliphatic carbocycles. The first kappa shape index (κ1) is 14.5. The molecule has 108 valence electrons. The maximum absolute atomic E-state index is 4.63. The minimum atomic E-state index is 0.804. The molecule has 0 atom stereocenters. The Morgan fingerprint density at radius 3 is 2.71 bits per heavy atom. The van der Waals surface area contributed by atoms with Crippen molar-refractivity contribution in [1.29, 1.82) is 0 Å². The molecule has 0 radical (unpaired) electrons. The van der Waals surface area contributed by atoms with E-state index in [1.165, 1.54) is 16.1 Å². The van der Waals surface area contributed by atoms with Gasteiger partial charge in [0, 0.05) is 28.7 Å². The zero-order valence-electron chi connectivity index (χ0n) is 11.9. The maximum Gasteiger partial charge on any atom is 0.164 e. The molecule has 1 aliphatic rings. The van der Waals surface area contributed by atoms with Crippen LogP contribution in [0.5, 0.6) is 0 Å². The van der Waals surface area contributed by atoms with Gasteiger partial charge in [-0.2, -0.15) is 0 Å². The third-order valence-electron chi connectivity index (χ3n) is 3.25. The van der Waals surface area contributed by atoms with Crippen LogP contribution < -0.4 is 4.90 Å². The van der Waals surface area contributed by atoms with Crippen molar-refractivity contribution in [3.63, 3.8) is 0 Å². The van der Waals surface area contributed by atoms with Gasteiger partial charge in [0.25, 0.3) is 0 Å². The number of benzene rings is 1. The molecule has 0 unspecified atom stereocenters. The van der Waals surface area contributed by atoms with Crippen LogP contribution in [0.1, 0.15) is 5.56 Å². The lowest BCUT2D eigenvalue weighted by molar-refractivity contribution is 0.992. The molecular weight excluding hydrogens is 298 g/mol. The second-order valence-electron chi connectivity index (χ2n) is 4.66. The molecule has 0 fully saturated rings. The van der Waals surface area contributed by atoms with Crippen molar-refractivity contribution in [2.45, 2.75) is 11.4 Å². The van der Waals surface area contributed by atoms with E-state index < -0.39 is 0 Å². The fourth-order valence-electron chi connectivity index (χ4n) is 2.19. The van der Waals surface area contributed by atoms with Crippen LogP contribution in [0.25, 0.3) is 0 Å². The third kappa shape index (κ3) is 3.60. The lowest BCUT2D eigenvalue weighted by atomic mass is 10.2. The van der Waals surface area contributed by atoms with E-state index in [4.69, 9.17) is 0 Å². The first-order valence-electron chi connectivity index (χ1n) is 6.84. The zero-order valence-corrected chi connectivity index (χ0v) is 13.5. The summed E-state index contributed by atoms with van der Waals surface area (Å²) in [6.07, 6.45) is 5.83. The lowest BCUT2D eigenvalue weighted by Crippen LogP contribution is -2.27. The van der Waals surface area contributed by atoms with Crippen LogP contribution in [0.3, 0.4) is 0 Å². The molecule has 1 aromatic carbocycles. The van der Waals surface area contributed by atoms with Crippen molar-refractivity contribution in [1.82, 2.24) is 4.98 Å². The average Bonchev–Trinajstić information content (AvgIpc) is 3.08. The van der Waals surface area contributed by atoms with Gasteiger partial charge in [-0.3, -0.25) is 9.98 Å². The summed E-state index contributed by atoms with van der Waals surface area (Å²) in [4.78, 5) is 12.4. The van der Waals surface area contributed by atoms with Gasteiger partial charge in [-0.15, -0.1) is 11.8 Å². The van der Waals surface area contributed by atoms with Crippen molar-refractivity contribution >= 4 is 34.4 Å². The SMILES string of the molecule is CSc1ccc(N(Cc2cccnc2)C2=NCCS2)cc1. The van der Waals surface area contributed by atoms with E-state index in [1.807, 2.05) is 30.2 Å². The van der Waals surface area contributed by atoms with Crippen molar-refractivity contribution < 1.29 is 0 Å². The van der Waals surface area contributed by atoms with E-state index in [2.05, 4.69) is 51.5 Å². The predicted octanol–water partition coefficient (Wildman–Crippen LogP) is 3.91. The molecule has 21 heavy (non-hydrogen) atoms. The van der Waals surface area contributed by atoms with Crippen molar-refractivity contribution in [2.24, 2.45) is 4.99 Å². The van der Waals surface area contributed by atoms with Crippen LogP contribution in [0.15, 0.2) is 58.7 Å². The first-order chi connectivity index (χ1) is 10.4. The summed E-state index contributed by atoms with van der Waals surface area (Å²) in [7, 11) is 0. The van der Waals surface area contributed by atoms with E-state index in [9.17, 15) is 0 Å². The summed E-state index contributed by atoms with van der Waals surface area (Å²) < 4.78 is 0. The molecule has 2 aromatic rings. The van der Waals surface area contributed by atoms with E-state index in [0.717, 1.165) is 24.0 Å². The Hall–Kier alpha value is -1.46. The van der Waals surface area contributed by atoms with E-state index in [-0.39, 0.29) is 0 Å². The third-order valence-corrected chi connectivity index (χ3v) is 4.99. The fourth-order valence-corrected chi connectivity index (χ4v) is 3.47. The largest absolute Gasteiger partial charge is 0.317 e. The molecule has 0 amide bonds. The first-order valence-corrected chi connectivity index (χ1v) is 9.05. The number of hydrogen-bond donors (Lipinski definition) is 0. The molecule has 0 N–H and O–H groups in total. The standard InChI is InChI=1S/C16H17N3S2/c1-20-15-6-4-14(5-7-15)19(16-18-9-10-21-16)12-13-3-2-8-17-11-13/h2-8,11H,9-10,12H2,1H3. The van der Waals surface area contributed by atoms with Gasteiger partial charge in [0.2, 0.25) is 0 Å². The minimum absolute atomic E-state index is 0.804. The Morgan fingerprint density at radius 1 is 1.24 bits per heavy atom. The number of aromatic nitrogens is 1. The van der Waals surface area contributed by atoms with Gasteiger partial charge in [0.05, 0.1) is 13.1 Å². The Morgan fingerprint density at radius 2 is 2.10 bits per heavy atom. The Kier molecular flexibility index (Phi) is 4.83. The maximum atomic E-state index is 4.63. The van der Waals surface area contributed by atoms with Crippen LogP contribution in [0, 0.1) is 0 Å². The Balaban J connectivity index is 1.88.